The maximum absolute atomic E-state index is 13.1. The fraction of sp³-hybridized carbons (Fsp3) is 0.158. The van der Waals surface area contributed by atoms with Crippen molar-refractivity contribution in [3.05, 3.63) is 58.1 Å². The number of carbonyl (C=O) groups is 2. The molecule has 0 spiro atoms. The molecule has 1 aliphatic heterocycles. The molecule has 0 saturated carbocycles. The minimum Gasteiger partial charge on any atom is -0.497 e. The summed E-state index contributed by atoms with van der Waals surface area (Å²) in [6.07, 6.45) is -3.27. The van der Waals surface area contributed by atoms with Crippen LogP contribution in [-0.2, 0) is 15.8 Å². The highest BCUT2D eigenvalue weighted by molar-refractivity contribution is 6.42. The molecule has 0 saturated heterocycles. The van der Waals surface area contributed by atoms with Gasteiger partial charge in [0.2, 0.25) is 5.91 Å². The van der Waals surface area contributed by atoms with Crippen LogP contribution in [0.25, 0.3) is 11.6 Å². The molecule has 2 aromatic carbocycles. The lowest BCUT2D eigenvalue weighted by Crippen LogP contribution is -2.31. The summed E-state index contributed by atoms with van der Waals surface area (Å²) in [5, 5.41) is 0.329. The number of alkyl halides is 3. The van der Waals surface area contributed by atoms with Crippen molar-refractivity contribution in [2.75, 3.05) is 12.0 Å². The van der Waals surface area contributed by atoms with E-state index in [1.807, 2.05) is 0 Å². The Morgan fingerprint density at radius 1 is 1.19 bits per heavy atom. The van der Waals surface area contributed by atoms with Gasteiger partial charge in [-0.2, -0.15) is 13.2 Å². The van der Waals surface area contributed by atoms with E-state index in [2.05, 4.69) is 0 Å². The predicted molar refractivity (Wildman–Crippen MR) is 95.5 cm³/mol. The zero-order valence-electron chi connectivity index (χ0n) is 14.2. The summed E-state index contributed by atoms with van der Waals surface area (Å²) in [6, 6.07) is 7.71. The van der Waals surface area contributed by atoms with E-state index in [0.29, 0.717) is 16.3 Å². The molecule has 0 bridgehead atoms. The Hall–Kier alpha value is -2.80. The van der Waals surface area contributed by atoms with E-state index in [1.54, 1.807) is 6.07 Å². The number of amides is 2. The number of hydrogen-bond acceptors (Lipinski definition) is 3. The molecule has 1 aliphatic rings. The van der Waals surface area contributed by atoms with E-state index in [9.17, 15) is 22.8 Å². The third kappa shape index (κ3) is 3.55. The number of benzene rings is 2. The number of rotatable bonds is 2. The Morgan fingerprint density at radius 2 is 1.89 bits per heavy atom. The van der Waals surface area contributed by atoms with Crippen molar-refractivity contribution in [1.82, 2.24) is 0 Å². The van der Waals surface area contributed by atoms with Gasteiger partial charge in [0, 0.05) is 17.5 Å². The molecule has 0 unspecified atom stereocenters. The van der Waals surface area contributed by atoms with Gasteiger partial charge in [0.1, 0.15) is 5.75 Å². The van der Waals surface area contributed by atoms with Crippen molar-refractivity contribution >= 4 is 40.8 Å². The van der Waals surface area contributed by atoms with E-state index < -0.39 is 23.6 Å². The molecule has 0 aromatic heterocycles. The minimum atomic E-state index is -4.57. The zero-order valence-corrected chi connectivity index (χ0v) is 15.0. The van der Waals surface area contributed by atoms with Crippen LogP contribution in [0.4, 0.5) is 18.9 Å². The summed E-state index contributed by atoms with van der Waals surface area (Å²) in [7, 11) is 1.25. The highest BCUT2D eigenvalue weighted by Gasteiger charge is 2.36. The predicted octanol–water partition coefficient (Wildman–Crippen LogP) is 4.80. The molecule has 0 radical (unpaired) electrons. The molecular weight excluding hydrogens is 383 g/mol. The van der Waals surface area contributed by atoms with Crippen molar-refractivity contribution < 1.29 is 27.5 Å². The molecule has 2 amide bonds. The smallest absolute Gasteiger partial charge is 0.416 e. The molecule has 27 heavy (non-hydrogen) atoms. The van der Waals surface area contributed by atoms with Gasteiger partial charge in [-0.1, -0.05) is 17.7 Å². The molecule has 0 N–H and O–H groups in total. The van der Waals surface area contributed by atoms with Crippen LogP contribution in [0, 0.1) is 0 Å². The molecule has 4 nitrogen and oxygen atoms in total. The Kier molecular flexibility index (Phi) is 4.73. The largest absolute Gasteiger partial charge is 0.497 e. The monoisotopic (exact) mass is 395 g/mol. The highest BCUT2D eigenvalue weighted by atomic mass is 35.5. The van der Waals surface area contributed by atoms with Gasteiger partial charge in [-0.15, -0.1) is 0 Å². The first kappa shape index (κ1) is 19.0. The zero-order chi connectivity index (χ0) is 19.9. The topological polar surface area (TPSA) is 46.6 Å². The fourth-order valence-corrected chi connectivity index (χ4v) is 3.03. The van der Waals surface area contributed by atoms with E-state index >= 15 is 0 Å². The second-order valence-electron chi connectivity index (χ2n) is 5.87. The molecular formula is C19H13ClF3NO3. The third-order valence-electron chi connectivity index (χ3n) is 4.04. The number of nitrogens with zero attached hydrogens (tertiary/aromatic N) is 1. The maximum atomic E-state index is 13.1. The molecule has 0 aliphatic carbocycles. The average molecular weight is 396 g/mol. The lowest BCUT2D eigenvalue weighted by atomic mass is 10.0. The first-order valence-electron chi connectivity index (χ1n) is 7.74. The van der Waals surface area contributed by atoms with Crippen molar-refractivity contribution in [2.24, 2.45) is 0 Å². The lowest BCUT2D eigenvalue weighted by molar-refractivity contribution is -0.137. The summed E-state index contributed by atoms with van der Waals surface area (Å²) >= 11 is 5.95. The number of carbonyl (C=O) groups excluding carboxylic acids is 2. The van der Waals surface area contributed by atoms with Crippen LogP contribution in [0.1, 0.15) is 23.6 Å². The van der Waals surface area contributed by atoms with E-state index in [0.717, 1.165) is 17.0 Å². The van der Waals surface area contributed by atoms with Crippen LogP contribution < -0.4 is 9.64 Å². The van der Waals surface area contributed by atoms with Gasteiger partial charge >= 0.3 is 6.18 Å². The summed E-state index contributed by atoms with van der Waals surface area (Å²) in [4.78, 5) is 25.5. The lowest BCUT2D eigenvalue weighted by Gasteiger charge is -2.12. The first-order chi connectivity index (χ1) is 12.6. The summed E-state index contributed by atoms with van der Waals surface area (Å²) in [6.45, 7) is 1.22. The average Bonchev–Trinajstić information content (AvgIpc) is 2.85. The quantitative estimate of drug-likeness (QED) is 0.686. The van der Waals surface area contributed by atoms with Gasteiger partial charge < -0.3 is 4.74 Å². The van der Waals surface area contributed by atoms with Gasteiger partial charge in [0.05, 0.1) is 23.9 Å². The maximum Gasteiger partial charge on any atom is 0.416 e. The van der Waals surface area contributed by atoms with Gasteiger partial charge in [0.15, 0.2) is 0 Å². The number of fused-ring (bicyclic) bond motifs is 1. The van der Waals surface area contributed by atoms with Crippen molar-refractivity contribution in [3.8, 4) is 5.75 Å². The molecule has 8 heteroatoms. The SMILES string of the molecule is COc1cc(/C=C2/C(=O)N(C(C)=O)c3cc(Cl)ccc32)cc(C(F)(F)F)c1. The van der Waals surface area contributed by atoms with Crippen LogP contribution in [0.15, 0.2) is 36.4 Å². The Morgan fingerprint density at radius 3 is 2.48 bits per heavy atom. The summed E-state index contributed by atoms with van der Waals surface area (Å²) in [5.74, 6) is -1.15. The normalized spacial score (nSPS) is 15.3. The molecule has 3 rings (SSSR count). The Labute approximate surface area is 157 Å². The van der Waals surface area contributed by atoms with Gasteiger partial charge in [-0.25, -0.2) is 4.90 Å². The second kappa shape index (κ2) is 6.74. The second-order valence-corrected chi connectivity index (χ2v) is 6.31. The third-order valence-corrected chi connectivity index (χ3v) is 4.28. The summed E-state index contributed by atoms with van der Waals surface area (Å²) in [5.41, 5.74) is 0.0228. The van der Waals surface area contributed by atoms with Crippen LogP contribution in [0.5, 0.6) is 5.75 Å². The Bertz CT molecular complexity index is 983. The number of imide groups is 1. The number of methoxy groups -OCH3 is 1. The van der Waals surface area contributed by atoms with Crippen LogP contribution in [0.3, 0.4) is 0 Å². The van der Waals surface area contributed by atoms with Crippen molar-refractivity contribution in [1.29, 1.82) is 0 Å². The van der Waals surface area contributed by atoms with E-state index in [4.69, 9.17) is 16.3 Å². The van der Waals surface area contributed by atoms with Crippen LogP contribution in [-0.4, -0.2) is 18.9 Å². The molecule has 2 aromatic rings. The number of anilines is 1. The molecule has 1 heterocycles. The first-order valence-corrected chi connectivity index (χ1v) is 8.12. The van der Waals surface area contributed by atoms with Crippen LogP contribution >= 0.6 is 11.6 Å². The van der Waals surface area contributed by atoms with Crippen LogP contribution in [0.2, 0.25) is 5.02 Å². The van der Waals surface area contributed by atoms with Gasteiger partial charge in [-0.05, 0) is 42.0 Å². The van der Waals surface area contributed by atoms with Crippen molar-refractivity contribution in [3.63, 3.8) is 0 Å². The number of ether oxygens (including phenoxy) is 1. The van der Waals surface area contributed by atoms with Gasteiger partial charge in [-0.3, -0.25) is 9.59 Å². The van der Waals surface area contributed by atoms with E-state index in [1.165, 1.54) is 38.3 Å². The molecule has 0 atom stereocenters. The molecule has 140 valence electrons. The number of hydrogen-bond donors (Lipinski definition) is 0. The number of halogens is 4. The minimum absolute atomic E-state index is 0.00174. The van der Waals surface area contributed by atoms with Gasteiger partial charge in [0.25, 0.3) is 5.91 Å². The Balaban J connectivity index is 2.18. The fourth-order valence-electron chi connectivity index (χ4n) is 2.87. The van der Waals surface area contributed by atoms with Crippen molar-refractivity contribution in [2.45, 2.75) is 13.1 Å². The molecule has 0 fully saturated rings. The highest BCUT2D eigenvalue weighted by Crippen LogP contribution is 2.40. The summed E-state index contributed by atoms with van der Waals surface area (Å²) < 4.78 is 44.3. The standard InChI is InChI=1S/C19H13ClF3NO3/c1-10(25)24-17-9-13(20)3-4-15(17)16(18(24)26)7-11-5-12(19(21,22)23)8-14(6-11)27-2/h3-9H,1-2H3/b16-7+. The van der Waals surface area contributed by atoms with E-state index in [-0.39, 0.29) is 16.9 Å².